The molecular formula is C10H9ClN2O2. The Bertz CT molecular complexity index is 533. The molecule has 15 heavy (non-hydrogen) atoms. The molecule has 0 spiro atoms. The first-order chi connectivity index (χ1) is 7.09. The summed E-state index contributed by atoms with van der Waals surface area (Å²) in [7, 11) is 1.82. The zero-order chi connectivity index (χ0) is 11.0. The molecule has 2 aromatic rings. The molecule has 0 saturated heterocycles. The zero-order valence-corrected chi connectivity index (χ0v) is 8.82. The van der Waals surface area contributed by atoms with Crippen molar-refractivity contribution in [1.82, 2.24) is 9.55 Å². The van der Waals surface area contributed by atoms with Crippen LogP contribution < -0.4 is 0 Å². The highest BCUT2D eigenvalue weighted by molar-refractivity contribution is 6.34. The Balaban J connectivity index is 2.68. The van der Waals surface area contributed by atoms with Crippen LogP contribution in [0, 0.1) is 0 Å². The molecule has 0 aliphatic heterocycles. The monoisotopic (exact) mass is 224 g/mol. The van der Waals surface area contributed by atoms with E-state index < -0.39 is 5.97 Å². The quantitative estimate of drug-likeness (QED) is 0.793. The van der Waals surface area contributed by atoms with Gasteiger partial charge in [0.05, 0.1) is 11.9 Å². The van der Waals surface area contributed by atoms with E-state index in [1.54, 1.807) is 23.0 Å². The number of carbonyl (C=O) groups is 1. The molecule has 1 N–H and O–H groups in total. The van der Waals surface area contributed by atoms with Gasteiger partial charge in [0.25, 0.3) is 0 Å². The number of halogens is 1. The van der Waals surface area contributed by atoms with Gasteiger partial charge in [0, 0.05) is 24.8 Å². The van der Waals surface area contributed by atoms with Gasteiger partial charge in [-0.15, -0.1) is 0 Å². The van der Waals surface area contributed by atoms with Gasteiger partial charge in [0.2, 0.25) is 0 Å². The van der Waals surface area contributed by atoms with Crippen molar-refractivity contribution < 1.29 is 9.90 Å². The van der Waals surface area contributed by atoms with Gasteiger partial charge in [-0.1, -0.05) is 11.6 Å². The fourth-order valence-corrected chi connectivity index (χ4v) is 1.99. The number of nitrogens with zero attached hydrogens (tertiary/aromatic N) is 2. The summed E-state index contributed by atoms with van der Waals surface area (Å²) in [5, 5.41) is 9.99. The van der Waals surface area contributed by atoms with Gasteiger partial charge in [0.1, 0.15) is 0 Å². The Morgan fingerprint density at radius 1 is 1.67 bits per heavy atom. The van der Waals surface area contributed by atoms with E-state index in [0.717, 1.165) is 16.5 Å². The first-order valence-corrected chi connectivity index (χ1v) is 4.77. The van der Waals surface area contributed by atoms with Crippen molar-refractivity contribution in [2.45, 2.75) is 6.42 Å². The molecule has 0 unspecified atom stereocenters. The second-order valence-electron chi connectivity index (χ2n) is 3.33. The van der Waals surface area contributed by atoms with Crippen LogP contribution in [-0.2, 0) is 18.3 Å². The number of aliphatic carboxylic acids is 1. The minimum Gasteiger partial charge on any atom is -0.481 e. The minimum atomic E-state index is -0.851. The number of pyridine rings is 1. The van der Waals surface area contributed by atoms with Crippen LogP contribution in [0.2, 0.25) is 5.15 Å². The highest BCUT2D eigenvalue weighted by Crippen LogP contribution is 2.25. The van der Waals surface area contributed by atoms with E-state index in [-0.39, 0.29) is 6.42 Å². The number of aromatic nitrogens is 2. The van der Waals surface area contributed by atoms with Crippen LogP contribution in [0.4, 0.5) is 0 Å². The molecule has 2 aromatic heterocycles. The zero-order valence-electron chi connectivity index (χ0n) is 8.07. The predicted molar refractivity (Wildman–Crippen MR) is 57.1 cm³/mol. The molecular weight excluding hydrogens is 216 g/mol. The van der Waals surface area contributed by atoms with Crippen molar-refractivity contribution in [2.75, 3.05) is 0 Å². The second kappa shape index (κ2) is 3.55. The van der Waals surface area contributed by atoms with Crippen molar-refractivity contribution >= 4 is 28.5 Å². The first-order valence-electron chi connectivity index (χ1n) is 4.40. The lowest BCUT2D eigenvalue weighted by molar-refractivity contribution is -0.136. The van der Waals surface area contributed by atoms with Crippen LogP contribution >= 0.6 is 11.6 Å². The van der Waals surface area contributed by atoms with Crippen molar-refractivity contribution in [3.63, 3.8) is 0 Å². The second-order valence-corrected chi connectivity index (χ2v) is 3.69. The SMILES string of the molecule is Cn1cc(CC(=O)O)c2ccnc(Cl)c21. The summed E-state index contributed by atoms with van der Waals surface area (Å²) in [4.78, 5) is 14.6. The lowest BCUT2D eigenvalue weighted by Crippen LogP contribution is -1.98. The molecule has 4 nitrogen and oxygen atoms in total. The molecule has 5 heteroatoms. The van der Waals surface area contributed by atoms with E-state index in [2.05, 4.69) is 4.98 Å². The van der Waals surface area contributed by atoms with Crippen LogP contribution in [0.25, 0.3) is 10.9 Å². The van der Waals surface area contributed by atoms with Gasteiger partial charge in [-0.2, -0.15) is 0 Å². The molecule has 2 heterocycles. The summed E-state index contributed by atoms with van der Waals surface area (Å²) >= 11 is 5.93. The van der Waals surface area contributed by atoms with E-state index in [1.165, 1.54) is 0 Å². The molecule has 78 valence electrons. The maximum atomic E-state index is 10.6. The fraction of sp³-hybridized carbons (Fsp3) is 0.200. The molecule has 0 saturated carbocycles. The number of hydrogen-bond donors (Lipinski definition) is 1. The van der Waals surface area contributed by atoms with Gasteiger partial charge in [-0.05, 0) is 11.6 Å². The fourth-order valence-electron chi connectivity index (χ4n) is 1.69. The summed E-state index contributed by atoms with van der Waals surface area (Å²) in [6, 6.07) is 1.78. The Morgan fingerprint density at radius 3 is 3.07 bits per heavy atom. The summed E-state index contributed by atoms with van der Waals surface area (Å²) in [6.07, 6.45) is 3.35. The van der Waals surface area contributed by atoms with E-state index in [9.17, 15) is 4.79 Å². The van der Waals surface area contributed by atoms with Crippen LogP contribution in [0.3, 0.4) is 0 Å². The van der Waals surface area contributed by atoms with E-state index >= 15 is 0 Å². The maximum Gasteiger partial charge on any atom is 0.307 e. The molecule has 0 atom stereocenters. The Morgan fingerprint density at radius 2 is 2.40 bits per heavy atom. The van der Waals surface area contributed by atoms with Gasteiger partial charge in [-0.25, -0.2) is 4.98 Å². The van der Waals surface area contributed by atoms with Crippen LogP contribution in [-0.4, -0.2) is 20.6 Å². The van der Waals surface area contributed by atoms with Crippen molar-refractivity contribution in [2.24, 2.45) is 7.05 Å². The lowest BCUT2D eigenvalue weighted by atomic mass is 10.1. The Labute approximate surface area is 91.1 Å². The lowest BCUT2D eigenvalue weighted by Gasteiger charge is -1.97. The summed E-state index contributed by atoms with van der Waals surface area (Å²) in [5.74, 6) is -0.851. The summed E-state index contributed by atoms with van der Waals surface area (Å²) in [5.41, 5.74) is 1.53. The Hall–Kier alpha value is -1.55. The predicted octanol–water partition coefficient (Wildman–Crippen LogP) is 1.85. The number of fused-ring (bicyclic) bond motifs is 1. The van der Waals surface area contributed by atoms with Gasteiger partial charge >= 0.3 is 5.97 Å². The number of carboxylic acids is 1. The largest absolute Gasteiger partial charge is 0.481 e. The average Bonchev–Trinajstić information content (AvgIpc) is 2.44. The molecule has 0 aliphatic rings. The third-order valence-electron chi connectivity index (χ3n) is 2.27. The smallest absolute Gasteiger partial charge is 0.307 e. The van der Waals surface area contributed by atoms with Crippen LogP contribution in [0.15, 0.2) is 18.5 Å². The van der Waals surface area contributed by atoms with Crippen molar-refractivity contribution in [3.05, 3.63) is 29.2 Å². The minimum absolute atomic E-state index is 0.00230. The first kappa shape index (κ1) is 9.98. The van der Waals surface area contributed by atoms with E-state index in [0.29, 0.717) is 5.15 Å². The van der Waals surface area contributed by atoms with E-state index in [4.69, 9.17) is 16.7 Å². The van der Waals surface area contributed by atoms with Crippen molar-refractivity contribution in [3.8, 4) is 0 Å². The van der Waals surface area contributed by atoms with Gasteiger partial charge in [-0.3, -0.25) is 4.79 Å². The summed E-state index contributed by atoms with van der Waals surface area (Å²) in [6.45, 7) is 0. The van der Waals surface area contributed by atoms with Crippen LogP contribution in [0.1, 0.15) is 5.56 Å². The summed E-state index contributed by atoms with van der Waals surface area (Å²) < 4.78 is 1.79. The number of carboxylic acid groups (broad SMARTS) is 1. The highest BCUT2D eigenvalue weighted by atomic mass is 35.5. The van der Waals surface area contributed by atoms with Crippen molar-refractivity contribution in [1.29, 1.82) is 0 Å². The Kier molecular flexibility index (Phi) is 2.36. The standard InChI is InChI=1S/C10H9ClN2O2/c1-13-5-6(4-8(14)15)7-2-3-12-10(11)9(7)13/h2-3,5H,4H2,1H3,(H,14,15). The molecule has 2 rings (SSSR count). The van der Waals surface area contributed by atoms with Gasteiger partial charge < -0.3 is 9.67 Å². The van der Waals surface area contributed by atoms with Crippen LogP contribution in [0.5, 0.6) is 0 Å². The van der Waals surface area contributed by atoms with Gasteiger partial charge in [0.15, 0.2) is 5.15 Å². The molecule has 0 amide bonds. The highest BCUT2D eigenvalue weighted by Gasteiger charge is 2.12. The number of hydrogen-bond acceptors (Lipinski definition) is 2. The maximum absolute atomic E-state index is 10.6. The normalized spacial score (nSPS) is 10.8. The average molecular weight is 225 g/mol. The molecule has 0 aromatic carbocycles. The molecule has 0 radical (unpaired) electrons. The molecule has 0 fully saturated rings. The van der Waals surface area contributed by atoms with E-state index in [1.807, 2.05) is 7.05 Å². The third-order valence-corrected chi connectivity index (χ3v) is 2.55. The molecule has 0 bridgehead atoms. The number of rotatable bonds is 2. The topological polar surface area (TPSA) is 55.1 Å². The molecule has 0 aliphatic carbocycles. The number of aryl methyl sites for hydroxylation is 1. The third kappa shape index (κ3) is 1.68.